The lowest BCUT2D eigenvalue weighted by atomic mass is 10.0. The number of ether oxygens (including phenoxy) is 1. The van der Waals surface area contributed by atoms with E-state index in [9.17, 15) is 19.2 Å². The summed E-state index contributed by atoms with van der Waals surface area (Å²) >= 11 is 0. The maximum Gasteiger partial charge on any atom is 0.325 e. The van der Waals surface area contributed by atoms with E-state index < -0.39 is 47.9 Å². The number of carbonyl (C=O) groups excluding carboxylic acids is 4. The van der Waals surface area contributed by atoms with E-state index in [1.807, 2.05) is 39.8 Å². The summed E-state index contributed by atoms with van der Waals surface area (Å²) in [5.41, 5.74) is 5.41. The lowest BCUT2D eigenvalue weighted by Gasteiger charge is -2.35. The molecule has 2 aliphatic rings. The Morgan fingerprint density at radius 2 is 1.83 bits per heavy atom. The Kier molecular flexibility index (Phi) is 12.5. The molecule has 2 heterocycles. The molecule has 0 aromatic heterocycles. The van der Waals surface area contributed by atoms with Crippen molar-refractivity contribution in [1.82, 2.24) is 21.1 Å². The lowest BCUT2D eigenvalue weighted by Crippen LogP contribution is -2.61. The van der Waals surface area contributed by atoms with E-state index in [-0.39, 0.29) is 11.8 Å². The van der Waals surface area contributed by atoms with Gasteiger partial charge in [0, 0.05) is 6.54 Å². The van der Waals surface area contributed by atoms with Crippen LogP contribution in [-0.2, 0) is 23.9 Å². The molecular weight excluding hydrogens is 522 g/mol. The molecule has 1 saturated heterocycles. The molecule has 3 N–H and O–H groups in total. The highest BCUT2D eigenvalue weighted by atomic mass is 16.5. The van der Waals surface area contributed by atoms with Gasteiger partial charge in [-0.25, -0.2) is 10.4 Å². The van der Waals surface area contributed by atoms with Crippen molar-refractivity contribution in [2.45, 2.75) is 85.5 Å². The highest BCUT2D eigenvalue weighted by Gasteiger charge is 2.34. The fourth-order valence-corrected chi connectivity index (χ4v) is 4.27. The lowest BCUT2D eigenvalue weighted by molar-refractivity contribution is -0.154. The number of aliphatic imine (C=N–C) groups is 1. The Balaban J connectivity index is 2.53. The van der Waals surface area contributed by atoms with Crippen LogP contribution >= 0.6 is 0 Å². The number of esters is 1. The first-order chi connectivity index (χ1) is 19.3. The molecule has 0 aliphatic carbocycles. The van der Waals surface area contributed by atoms with Gasteiger partial charge in [0.1, 0.15) is 24.2 Å². The van der Waals surface area contributed by atoms with Crippen LogP contribution in [0.25, 0.3) is 0 Å². The summed E-state index contributed by atoms with van der Waals surface area (Å²) in [4.78, 5) is 57.1. The van der Waals surface area contributed by atoms with Crippen molar-refractivity contribution in [2.24, 2.45) is 16.8 Å². The van der Waals surface area contributed by atoms with E-state index >= 15 is 0 Å². The maximum absolute atomic E-state index is 13.2. The van der Waals surface area contributed by atoms with E-state index in [1.54, 1.807) is 32.9 Å². The number of allylic oxidation sites excluding steroid dienone is 5. The first kappa shape index (κ1) is 33.4. The molecule has 1 fully saturated rings. The number of rotatable bonds is 3. The number of carbonyl (C=O) groups is 4. The van der Waals surface area contributed by atoms with Gasteiger partial charge >= 0.3 is 5.97 Å². The van der Waals surface area contributed by atoms with Crippen molar-refractivity contribution >= 4 is 29.4 Å². The third-order valence-corrected chi connectivity index (χ3v) is 6.95. The number of cyclic esters (lactones) is 1. The molecule has 2 rings (SSSR count). The van der Waals surface area contributed by atoms with Gasteiger partial charge in [-0.2, -0.15) is 0 Å². The van der Waals surface area contributed by atoms with Crippen LogP contribution in [0.5, 0.6) is 0 Å². The molecule has 10 nitrogen and oxygen atoms in total. The molecule has 0 aromatic carbocycles. The summed E-state index contributed by atoms with van der Waals surface area (Å²) in [6, 6.07) is -2.49. The third kappa shape index (κ3) is 9.38. The predicted octanol–water partition coefficient (Wildman–Crippen LogP) is 3.30. The van der Waals surface area contributed by atoms with Crippen LogP contribution in [0.2, 0.25) is 0 Å². The van der Waals surface area contributed by atoms with Crippen molar-refractivity contribution in [3.05, 3.63) is 60.4 Å². The minimum Gasteiger partial charge on any atom is -0.455 e. The van der Waals surface area contributed by atoms with Crippen LogP contribution in [0, 0.1) is 11.8 Å². The molecule has 0 unspecified atom stereocenters. The topological polar surface area (TPSA) is 129 Å². The van der Waals surface area contributed by atoms with E-state index in [2.05, 4.69) is 34.2 Å². The van der Waals surface area contributed by atoms with E-state index in [4.69, 9.17) is 4.74 Å². The van der Waals surface area contributed by atoms with Crippen LogP contribution in [0.1, 0.15) is 61.3 Å². The van der Waals surface area contributed by atoms with Gasteiger partial charge in [-0.3, -0.25) is 24.2 Å². The molecule has 10 heteroatoms. The Morgan fingerprint density at radius 3 is 2.41 bits per heavy atom. The Hall–Kier alpha value is -3.79. The van der Waals surface area contributed by atoms with Gasteiger partial charge in [0.2, 0.25) is 11.8 Å². The molecule has 0 spiro atoms. The molecule has 2 aliphatic heterocycles. The third-order valence-electron chi connectivity index (χ3n) is 6.95. The minimum atomic E-state index is -0.892. The zero-order valence-electron chi connectivity index (χ0n) is 25.3. The highest BCUT2D eigenvalue weighted by molar-refractivity contribution is 6.00. The smallest absolute Gasteiger partial charge is 0.325 e. The fraction of sp³-hybridized carbons (Fsp3) is 0.516. The quantitative estimate of drug-likeness (QED) is 0.449. The zero-order chi connectivity index (χ0) is 30.9. The first-order valence-corrected chi connectivity index (χ1v) is 14.1. The Bertz CT molecular complexity index is 1170. The van der Waals surface area contributed by atoms with Crippen LogP contribution in [0.15, 0.2) is 65.4 Å². The number of fused-ring (bicyclic) bond motifs is 2. The molecule has 224 valence electrons. The second-order valence-electron chi connectivity index (χ2n) is 10.8. The van der Waals surface area contributed by atoms with Gasteiger partial charge in [0.25, 0.3) is 5.91 Å². The minimum absolute atomic E-state index is 0.225. The number of hydrogen-bond donors (Lipinski definition) is 3. The molecule has 0 radical (unpaired) electrons. The monoisotopic (exact) mass is 567 g/mol. The Morgan fingerprint density at radius 1 is 1.15 bits per heavy atom. The molecule has 41 heavy (non-hydrogen) atoms. The van der Waals surface area contributed by atoms with Crippen LogP contribution in [0.3, 0.4) is 0 Å². The Labute approximate surface area is 243 Å². The first-order valence-electron chi connectivity index (χ1n) is 14.1. The zero-order valence-corrected chi connectivity index (χ0v) is 25.3. The number of hydrazine groups is 1. The largest absolute Gasteiger partial charge is 0.455 e. The van der Waals surface area contributed by atoms with Gasteiger partial charge in [0.15, 0.2) is 0 Å². The van der Waals surface area contributed by atoms with Crippen LogP contribution in [0.4, 0.5) is 0 Å². The predicted molar refractivity (Wildman–Crippen MR) is 160 cm³/mol. The van der Waals surface area contributed by atoms with E-state index in [0.29, 0.717) is 36.4 Å². The van der Waals surface area contributed by atoms with Crippen LogP contribution < -0.4 is 16.1 Å². The molecular formula is C31H45N5O5. The summed E-state index contributed by atoms with van der Waals surface area (Å²) < 4.78 is 5.72. The summed E-state index contributed by atoms with van der Waals surface area (Å²) in [6.07, 6.45) is 9.09. The SMILES string of the molecule is C=C\C1=N/C(C(=C)C)=C/C(=C\C)/C=C/[C@@H](C)C(=O)N[C@@H](C(C)C)C(=O)N[C@@H](C)C(=O)N2CCC[C@H](N2)C(=O)O[C@@H]1C. The van der Waals surface area contributed by atoms with Crippen molar-refractivity contribution in [1.29, 1.82) is 0 Å². The van der Waals surface area contributed by atoms with Gasteiger partial charge < -0.3 is 15.4 Å². The van der Waals surface area contributed by atoms with Crippen molar-refractivity contribution in [3.63, 3.8) is 0 Å². The van der Waals surface area contributed by atoms with Crippen molar-refractivity contribution < 1.29 is 23.9 Å². The number of nitrogens with zero attached hydrogens (tertiary/aromatic N) is 2. The highest BCUT2D eigenvalue weighted by Crippen LogP contribution is 2.18. The van der Waals surface area contributed by atoms with Gasteiger partial charge in [-0.15, -0.1) is 0 Å². The maximum atomic E-state index is 13.2. The van der Waals surface area contributed by atoms with Crippen LogP contribution in [-0.4, -0.2) is 65.2 Å². The standard InChI is InChI=1S/C31H45N5O5/c1-10-23-15-14-20(7)28(37)34-27(19(5)6)29(38)32-21(8)30(39)36-16-12-13-25(35-36)31(40)41-22(9)24(11-2)33-26(17-23)18(3)4/h10-11,14-15,17,19-22,25,27,35H,2-3,12-13,16H2,1,4-9H3,(H,32,38)(H,34,37)/b15-14+,23-10-,26-17+,33-24+/t20-,21+,22-,25+,27+/m1/s1. The average molecular weight is 568 g/mol. The van der Waals surface area contributed by atoms with Crippen molar-refractivity contribution in [2.75, 3.05) is 6.54 Å². The fourth-order valence-electron chi connectivity index (χ4n) is 4.27. The number of hydrogen-bond acceptors (Lipinski definition) is 7. The molecule has 0 aromatic rings. The normalized spacial score (nSPS) is 32.0. The molecule has 2 bridgehead atoms. The van der Waals surface area contributed by atoms with E-state index in [0.717, 1.165) is 5.57 Å². The van der Waals surface area contributed by atoms with Gasteiger partial charge in [0.05, 0.1) is 17.3 Å². The molecule has 5 atom stereocenters. The van der Waals surface area contributed by atoms with Gasteiger partial charge in [-0.05, 0) is 69.8 Å². The second-order valence-corrected chi connectivity index (χ2v) is 10.8. The second kappa shape index (κ2) is 15.3. The number of nitrogens with one attached hydrogen (secondary N) is 3. The summed E-state index contributed by atoms with van der Waals surface area (Å²) in [5.74, 6) is -2.48. The van der Waals surface area contributed by atoms with Gasteiger partial charge in [-0.1, -0.05) is 52.2 Å². The molecule has 3 amide bonds. The summed E-state index contributed by atoms with van der Waals surface area (Å²) in [5, 5.41) is 6.89. The number of amides is 3. The summed E-state index contributed by atoms with van der Waals surface area (Å²) in [6.45, 7) is 20.6. The summed E-state index contributed by atoms with van der Waals surface area (Å²) in [7, 11) is 0. The average Bonchev–Trinajstić information content (AvgIpc) is 2.93. The molecule has 0 saturated carbocycles. The van der Waals surface area contributed by atoms with Crippen molar-refractivity contribution in [3.8, 4) is 0 Å². The van der Waals surface area contributed by atoms with E-state index in [1.165, 1.54) is 11.1 Å².